The summed E-state index contributed by atoms with van der Waals surface area (Å²) in [4.78, 5) is 15.1. The third kappa shape index (κ3) is 4.09. The number of hydrogen-bond donors (Lipinski definition) is 2. The number of rotatable bonds is 4. The predicted octanol–water partition coefficient (Wildman–Crippen LogP) is 5.17. The van der Waals surface area contributed by atoms with E-state index < -0.39 is 5.82 Å². The first-order valence-corrected chi connectivity index (χ1v) is 10.7. The van der Waals surface area contributed by atoms with Crippen molar-refractivity contribution >= 4 is 38.5 Å². The van der Waals surface area contributed by atoms with Gasteiger partial charge in [0.15, 0.2) is 16.8 Å². The van der Waals surface area contributed by atoms with Gasteiger partial charge in [0.1, 0.15) is 5.82 Å². The van der Waals surface area contributed by atoms with Gasteiger partial charge in [0.25, 0.3) is 0 Å². The summed E-state index contributed by atoms with van der Waals surface area (Å²) in [5, 5.41) is 6.81. The Labute approximate surface area is 178 Å². The Balaban J connectivity index is 1.54. The van der Waals surface area contributed by atoms with Crippen LogP contribution in [-0.4, -0.2) is 44.0 Å². The number of halogens is 2. The third-order valence-electron chi connectivity index (χ3n) is 5.96. The zero-order valence-corrected chi connectivity index (χ0v) is 18.6. The first kappa shape index (κ1) is 20.9. The summed E-state index contributed by atoms with van der Waals surface area (Å²) in [7, 11) is 2.13. The summed E-state index contributed by atoms with van der Waals surface area (Å²) < 4.78 is 28.6. The Morgan fingerprint density at radius 2 is 1.80 bits per heavy atom. The largest absolute Gasteiger partial charge is 0.365 e. The Morgan fingerprint density at radius 1 is 1.10 bits per heavy atom. The van der Waals surface area contributed by atoms with Crippen LogP contribution in [0.5, 0.6) is 0 Å². The number of piperidine rings is 1. The van der Waals surface area contributed by atoms with Gasteiger partial charge in [0.05, 0.1) is 16.4 Å². The molecule has 9 heteroatoms. The molecule has 2 aromatic heterocycles. The molecule has 0 saturated carbocycles. The smallest absolute Gasteiger partial charge is 0.231 e. The van der Waals surface area contributed by atoms with Crippen LogP contribution in [0.25, 0.3) is 10.2 Å². The summed E-state index contributed by atoms with van der Waals surface area (Å²) in [6, 6.07) is 4.50. The van der Waals surface area contributed by atoms with Crippen LogP contribution in [0.4, 0.5) is 25.7 Å². The number of hydrogen-bond acceptors (Lipinski definition) is 7. The highest BCUT2D eigenvalue weighted by Gasteiger charge is 2.43. The minimum atomic E-state index is -0.499. The lowest BCUT2D eigenvalue weighted by atomic mass is 9.77. The molecule has 1 aliphatic heterocycles. The van der Waals surface area contributed by atoms with Crippen molar-refractivity contribution in [1.82, 2.24) is 19.9 Å². The lowest BCUT2D eigenvalue weighted by molar-refractivity contribution is -0.00778. The molecule has 0 bridgehead atoms. The second kappa shape index (κ2) is 7.39. The minimum Gasteiger partial charge on any atom is -0.365 e. The van der Waals surface area contributed by atoms with Crippen LogP contribution in [0.15, 0.2) is 24.4 Å². The quantitative estimate of drug-likeness (QED) is 0.593. The average molecular weight is 433 g/mol. The van der Waals surface area contributed by atoms with Gasteiger partial charge in [-0.15, -0.1) is 0 Å². The Morgan fingerprint density at radius 3 is 2.50 bits per heavy atom. The summed E-state index contributed by atoms with van der Waals surface area (Å²) >= 11 is 1.29. The monoisotopic (exact) mass is 432 g/mol. The fraction of sp³-hybridized carbons (Fsp3) is 0.476. The topological polar surface area (TPSA) is 66.0 Å². The van der Waals surface area contributed by atoms with Crippen molar-refractivity contribution in [3.8, 4) is 0 Å². The highest BCUT2D eigenvalue weighted by atomic mass is 32.1. The summed E-state index contributed by atoms with van der Waals surface area (Å²) in [5.74, 6) is -0.404. The highest BCUT2D eigenvalue weighted by Crippen LogP contribution is 2.38. The maximum absolute atomic E-state index is 14.5. The average Bonchev–Trinajstić information content (AvgIpc) is 3.03. The second-order valence-corrected chi connectivity index (χ2v) is 10.1. The van der Waals surface area contributed by atoms with E-state index in [9.17, 15) is 8.78 Å². The summed E-state index contributed by atoms with van der Waals surface area (Å²) in [6.45, 7) is 8.79. The van der Waals surface area contributed by atoms with Crippen LogP contribution in [0.2, 0.25) is 0 Å². The lowest BCUT2D eigenvalue weighted by Gasteiger charge is -2.53. The van der Waals surface area contributed by atoms with Gasteiger partial charge in [-0.2, -0.15) is 4.98 Å². The van der Waals surface area contributed by atoms with Crippen LogP contribution < -0.4 is 10.6 Å². The van der Waals surface area contributed by atoms with Crippen molar-refractivity contribution in [2.75, 3.05) is 17.7 Å². The van der Waals surface area contributed by atoms with E-state index in [1.165, 1.54) is 23.5 Å². The molecule has 2 N–H and O–H groups in total. The molecule has 1 aliphatic rings. The number of nitrogens with zero attached hydrogens (tertiary/aromatic N) is 4. The van der Waals surface area contributed by atoms with Crippen LogP contribution in [-0.2, 0) is 0 Å². The van der Waals surface area contributed by atoms with Crippen molar-refractivity contribution in [2.45, 2.75) is 57.7 Å². The van der Waals surface area contributed by atoms with E-state index in [2.05, 4.69) is 65.2 Å². The van der Waals surface area contributed by atoms with Crippen LogP contribution in [0.1, 0.15) is 40.5 Å². The van der Waals surface area contributed by atoms with Gasteiger partial charge in [-0.1, -0.05) is 11.3 Å². The second-order valence-electron chi connectivity index (χ2n) is 9.08. The maximum atomic E-state index is 14.5. The van der Waals surface area contributed by atoms with Gasteiger partial charge < -0.3 is 5.32 Å². The molecule has 4 rings (SSSR count). The minimum absolute atomic E-state index is 0.0275. The van der Waals surface area contributed by atoms with E-state index in [1.807, 2.05) is 0 Å². The summed E-state index contributed by atoms with van der Waals surface area (Å²) in [6.07, 6.45) is 2.88. The molecule has 30 heavy (non-hydrogen) atoms. The Hall–Kier alpha value is -2.39. The molecular formula is C21H26F2N6S. The van der Waals surface area contributed by atoms with E-state index >= 15 is 0 Å². The number of likely N-dealkylation sites (tertiary alicyclic amines) is 1. The van der Waals surface area contributed by atoms with Crippen molar-refractivity contribution in [3.63, 3.8) is 0 Å². The molecule has 0 unspecified atom stereocenters. The van der Waals surface area contributed by atoms with Crippen molar-refractivity contribution in [1.29, 1.82) is 0 Å². The molecule has 160 valence electrons. The first-order chi connectivity index (χ1) is 14.0. The van der Waals surface area contributed by atoms with E-state index in [0.29, 0.717) is 15.3 Å². The van der Waals surface area contributed by atoms with Crippen LogP contribution >= 0.6 is 11.3 Å². The molecule has 0 aliphatic carbocycles. The molecule has 0 spiro atoms. The SMILES string of the molecule is CN1C(C)(C)CC(Nc2nc(Nc3nc4ccc(F)cc4s3)ncc2F)CC1(C)C. The number of benzene rings is 1. The van der Waals surface area contributed by atoms with Crippen LogP contribution in [0, 0.1) is 11.6 Å². The van der Waals surface area contributed by atoms with Crippen molar-refractivity contribution < 1.29 is 8.78 Å². The standard InChI is InChI=1S/C21H26F2N6S/c1-20(2)9-13(10-21(3,4)29(20)5)25-17-14(23)11-24-18(27-17)28-19-26-15-7-6-12(22)8-16(15)30-19/h6-8,11,13H,9-10H2,1-5H3,(H2,24,25,26,27,28). The van der Waals surface area contributed by atoms with Crippen molar-refractivity contribution in [2.24, 2.45) is 0 Å². The van der Waals surface area contributed by atoms with Crippen LogP contribution in [0.3, 0.4) is 0 Å². The maximum Gasteiger partial charge on any atom is 0.231 e. The van der Waals surface area contributed by atoms with Gasteiger partial charge in [0, 0.05) is 17.1 Å². The fourth-order valence-electron chi connectivity index (χ4n) is 4.24. The van der Waals surface area contributed by atoms with E-state index in [4.69, 9.17) is 0 Å². The molecule has 1 saturated heterocycles. The Kier molecular flexibility index (Phi) is 5.14. The first-order valence-electron chi connectivity index (χ1n) is 9.90. The molecule has 3 aromatic rings. The normalized spacial score (nSPS) is 19.2. The van der Waals surface area contributed by atoms with E-state index in [0.717, 1.165) is 19.0 Å². The molecule has 3 heterocycles. The van der Waals surface area contributed by atoms with E-state index in [-0.39, 0.29) is 34.7 Å². The van der Waals surface area contributed by atoms with E-state index in [1.54, 1.807) is 6.07 Å². The molecular weight excluding hydrogens is 406 g/mol. The third-order valence-corrected chi connectivity index (χ3v) is 6.90. The number of thiazole rings is 1. The van der Waals surface area contributed by atoms with Gasteiger partial charge in [0.2, 0.25) is 5.95 Å². The number of aromatic nitrogens is 3. The van der Waals surface area contributed by atoms with Gasteiger partial charge >= 0.3 is 0 Å². The summed E-state index contributed by atoms with van der Waals surface area (Å²) in [5.41, 5.74) is 0.626. The van der Waals surface area contributed by atoms with Gasteiger partial charge in [-0.25, -0.2) is 18.7 Å². The molecule has 1 aromatic carbocycles. The fourth-order valence-corrected chi connectivity index (χ4v) is 5.13. The molecule has 0 amide bonds. The zero-order valence-electron chi connectivity index (χ0n) is 17.8. The number of anilines is 3. The Bertz CT molecular complexity index is 1060. The predicted molar refractivity (Wildman–Crippen MR) is 117 cm³/mol. The zero-order chi connectivity index (χ0) is 21.7. The highest BCUT2D eigenvalue weighted by molar-refractivity contribution is 7.22. The number of fused-ring (bicyclic) bond motifs is 1. The van der Waals surface area contributed by atoms with Crippen molar-refractivity contribution in [3.05, 3.63) is 36.0 Å². The number of nitrogens with one attached hydrogen (secondary N) is 2. The molecule has 6 nitrogen and oxygen atoms in total. The molecule has 0 radical (unpaired) electrons. The van der Waals surface area contributed by atoms with Gasteiger partial charge in [-0.3, -0.25) is 10.2 Å². The lowest BCUT2D eigenvalue weighted by Crippen LogP contribution is -2.61. The molecule has 1 fully saturated rings. The molecule has 0 atom stereocenters. The van der Waals surface area contributed by atoms with Gasteiger partial charge in [-0.05, 0) is 65.8 Å².